The van der Waals surface area contributed by atoms with Crippen LogP contribution in [0.2, 0.25) is 0 Å². The first-order chi connectivity index (χ1) is 9.19. The summed E-state index contributed by atoms with van der Waals surface area (Å²) in [5.41, 5.74) is 4.81. The Morgan fingerprint density at radius 1 is 1.25 bits per heavy atom. The Kier molecular flexibility index (Phi) is 5.61. The topological polar surface area (TPSA) is 72.2 Å². The van der Waals surface area contributed by atoms with Gasteiger partial charge in [0.05, 0.1) is 0 Å². The second-order valence-corrected chi connectivity index (χ2v) is 6.88. The number of halogens is 2. The summed E-state index contributed by atoms with van der Waals surface area (Å²) in [6.07, 6.45) is 0.617. The highest BCUT2D eigenvalue weighted by atomic mass is 32.2. The van der Waals surface area contributed by atoms with Crippen LogP contribution in [0.5, 0.6) is 0 Å². The van der Waals surface area contributed by atoms with E-state index in [-0.39, 0.29) is 6.04 Å². The standard InChI is InChI=1S/C13H20F2N2O2S/c1-8(2)6-9(3)17-20(18,19)12-5-4-11(14)10(7-16)13(12)15/h4-5,8-9,17H,6-7,16H2,1-3H3. The number of hydrogen-bond acceptors (Lipinski definition) is 3. The van der Waals surface area contributed by atoms with E-state index in [4.69, 9.17) is 5.73 Å². The zero-order chi connectivity index (χ0) is 15.5. The smallest absolute Gasteiger partial charge is 0.243 e. The van der Waals surface area contributed by atoms with Crippen LogP contribution in [0.25, 0.3) is 0 Å². The van der Waals surface area contributed by atoms with Crippen LogP contribution in [0.1, 0.15) is 32.8 Å². The first-order valence-corrected chi connectivity index (χ1v) is 7.86. The molecule has 1 atom stereocenters. The van der Waals surface area contributed by atoms with Gasteiger partial charge in [-0.15, -0.1) is 0 Å². The summed E-state index contributed by atoms with van der Waals surface area (Å²) >= 11 is 0. The van der Waals surface area contributed by atoms with E-state index < -0.39 is 38.7 Å². The average molecular weight is 306 g/mol. The van der Waals surface area contributed by atoms with Gasteiger partial charge in [0.1, 0.15) is 10.7 Å². The number of benzene rings is 1. The summed E-state index contributed by atoms with van der Waals surface area (Å²) < 4.78 is 53.9. The Labute approximate surface area is 118 Å². The van der Waals surface area contributed by atoms with Crippen LogP contribution >= 0.6 is 0 Å². The normalized spacial score (nSPS) is 13.8. The lowest BCUT2D eigenvalue weighted by molar-refractivity contribution is 0.478. The minimum atomic E-state index is -4.03. The van der Waals surface area contributed by atoms with E-state index in [0.29, 0.717) is 12.3 Å². The number of nitrogens with one attached hydrogen (secondary N) is 1. The molecule has 0 radical (unpaired) electrons. The summed E-state index contributed by atoms with van der Waals surface area (Å²) in [7, 11) is -4.03. The molecule has 3 N–H and O–H groups in total. The monoisotopic (exact) mass is 306 g/mol. The van der Waals surface area contributed by atoms with Gasteiger partial charge in [0, 0.05) is 18.2 Å². The highest BCUT2D eigenvalue weighted by molar-refractivity contribution is 7.89. The third-order valence-corrected chi connectivity index (χ3v) is 4.43. The van der Waals surface area contributed by atoms with Gasteiger partial charge in [-0.1, -0.05) is 13.8 Å². The minimum Gasteiger partial charge on any atom is -0.326 e. The third-order valence-electron chi connectivity index (χ3n) is 2.83. The second-order valence-electron chi connectivity index (χ2n) is 5.19. The highest BCUT2D eigenvalue weighted by Gasteiger charge is 2.24. The van der Waals surface area contributed by atoms with Crippen LogP contribution in [-0.2, 0) is 16.6 Å². The molecule has 7 heteroatoms. The molecule has 1 unspecified atom stereocenters. The molecule has 4 nitrogen and oxygen atoms in total. The van der Waals surface area contributed by atoms with Crippen LogP contribution in [0, 0.1) is 17.6 Å². The van der Waals surface area contributed by atoms with Gasteiger partial charge >= 0.3 is 0 Å². The number of rotatable bonds is 6. The molecule has 0 spiro atoms. The van der Waals surface area contributed by atoms with Crippen molar-refractivity contribution in [2.24, 2.45) is 11.7 Å². The van der Waals surface area contributed by atoms with Crippen molar-refractivity contribution in [2.75, 3.05) is 0 Å². The van der Waals surface area contributed by atoms with Gasteiger partial charge in [0.25, 0.3) is 0 Å². The molecule has 0 aliphatic heterocycles. The maximum absolute atomic E-state index is 14.0. The number of hydrogen-bond donors (Lipinski definition) is 2. The highest BCUT2D eigenvalue weighted by Crippen LogP contribution is 2.21. The summed E-state index contributed by atoms with van der Waals surface area (Å²) in [5.74, 6) is -1.68. The fourth-order valence-electron chi connectivity index (χ4n) is 2.05. The maximum Gasteiger partial charge on any atom is 0.243 e. The Hall–Kier alpha value is -1.05. The van der Waals surface area contributed by atoms with Crippen LogP contribution < -0.4 is 10.5 Å². The van der Waals surface area contributed by atoms with Gasteiger partial charge in [-0.25, -0.2) is 21.9 Å². The van der Waals surface area contributed by atoms with Crippen molar-refractivity contribution in [1.82, 2.24) is 4.72 Å². The molecule has 0 bridgehead atoms. The van der Waals surface area contributed by atoms with Gasteiger partial charge in [-0.05, 0) is 31.4 Å². The molecular formula is C13H20F2N2O2S. The molecule has 1 aromatic carbocycles. The van der Waals surface area contributed by atoms with Gasteiger partial charge < -0.3 is 5.73 Å². The van der Waals surface area contributed by atoms with Crippen molar-refractivity contribution < 1.29 is 17.2 Å². The fourth-order valence-corrected chi connectivity index (χ4v) is 3.41. The van der Waals surface area contributed by atoms with E-state index in [2.05, 4.69) is 4.72 Å². The van der Waals surface area contributed by atoms with Gasteiger partial charge in [0.2, 0.25) is 10.0 Å². The van der Waals surface area contributed by atoms with Crippen molar-refractivity contribution in [2.45, 2.75) is 44.7 Å². The van der Waals surface area contributed by atoms with Crippen LogP contribution in [-0.4, -0.2) is 14.5 Å². The fraction of sp³-hybridized carbons (Fsp3) is 0.538. The Bertz CT molecular complexity index is 574. The van der Waals surface area contributed by atoms with E-state index in [1.54, 1.807) is 6.92 Å². The minimum absolute atomic E-state index is 0.297. The largest absolute Gasteiger partial charge is 0.326 e. The molecule has 114 valence electrons. The third kappa shape index (κ3) is 3.97. The van der Waals surface area contributed by atoms with Crippen LogP contribution in [0.3, 0.4) is 0 Å². The predicted molar refractivity (Wildman–Crippen MR) is 73.5 cm³/mol. The molecule has 0 aliphatic rings. The molecule has 20 heavy (non-hydrogen) atoms. The predicted octanol–water partition coefficient (Wildman–Crippen LogP) is 2.14. The summed E-state index contributed by atoms with van der Waals surface area (Å²) in [6.45, 7) is 5.21. The van der Waals surface area contributed by atoms with E-state index in [1.165, 1.54) is 0 Å². The maximum atomic E-state index is 14.0. The first kappa shape index (κ1) is 17.0. The zero-order valence-corrected chi connectivity index (χ0v) is 12.6. The van der Waals surface area contributed by atoms with Crippen molar-refractivity contribution in [3.63, 3.8) is 0 Å². The molecule has 1 rings (SSSR count). The van der Waals surface area contributed by atoms with E-state index in [1.807, 2.05) is 13.8 Å². The van der Waals surface area contributed by atoms with E-state index in [0.717, 1.165) is 12.1 Å². The van der Waals surface area contributed by atoms with Crippen LogP contribution in [0.4, 0.5) is 8.78 Å². The quantitative estimate of drug-likeness (QED) is 0.845. The lowest BCUT2D eigenvalue weighted by atomic mass is 10.1. The van der Waals surface area contributed by atoms with Gasteiger partial charge in [0.15, 0.2) is 5.82 Å². The van der Waals surface area contributed by atoms with Crippen molar-refractivity contribution in [1.29, 1.82) is 0 Å². The Morgan fingerprint density at radius 2 is 1.85 bits per heavy atom. The number of sulfonamides is 1. The van der Waals surface area contributed by atoms with Crippen molar-refractivity contribution in [3.8, 4) is 0 Å². The Morgan fingerprint density at radius 3 is 2.35 bits per heavy atom. The molecule has 0 fully saturated rings. The summed E-state index contributed by atoms with van der Waals surface area (Å²) in [4.78, 5) is -0.574. The average Bonchev–Trinajstić information content (AvgIpc) is 2.26. The van der Waals surface area contributed by atoms with Crippen LogP contribution in [0.15, 0.2) is 17.0 Å². The molecule has 1 aromatic rings. The lowest BCUT2D eigenvalue weighted by Crippen LogP contribution is -2.34. The van der Waals surface area contributed by atoms with Gasteiger partial charge in [-0.3, -0.25) is 0 Å². The SMILES string of the molecule is CC(C)CC(C)NS(=O)(=O)c1ccc(F)c(CN)c1F. The summed E-state index contributed by atoms with van der Waals surface area (Å²) in [6, 6.07) is 1.48. The van der Waals surface area contributed by atoms with Crippen molar-refractivity contribution in [3.05, 3.63) is 29.3 Å². The zero-order valence-electron chi connectivity index (χ0n) is 11.8. The molecule has 0 aliphatic carbocycles. The second kappa shape index (κ2) is 6.60. The van der Waals surface area contributed by atoms with E-state index in [9.17, 15) is 17.2 Å². The molecule has 0 heterocycles. The van der Waals surface area contributed by atoms with Gasteiger partial charge in [-0.2, -0.15) is 0 Å². The van der Waals surface area contributed by atoms with Crippen molar-refractivity contribution >= 4 is 10.0 Å². The molecule has 0 aromatic heterocycles. The number of nitrogens with two attached hydrogens (primary N) is 1. The first-order valence-electron chi connectivity index (χ1n) is 6.38. The lowest BCUT2D eigenvalue weighted by Gasteiger charge is -2.17. The Balaban J connectivity index is 3.10. The molecular weight excluding hydrogens is 286 g/mol. The molecule has 0 saturated heterocycles. The van der Waals surface area contributed by atoms with E-state index >= 15 is 0 Å². The molecule has 0 saturated carbocycles. The summed E-state index contributed by atoms with van der Waals surface area (Å²) in [5, 5.41) is 0. The molecule has 0 amide bonds.